The van der Waals surface area contributed by atoms with E-state index in [0.717, 1.165) is 31.6 Å². The third-order valence-electron chi connectivity index (χ3n) is 1.24. The molecule has 0 saturated carbocycles. The second-order valence-corrected chi connectivity index (χ2v) is 1.96. The van der Waals surface area contributed by atoms with Crippen LogP contribution in [0.5, 0.6) is 0 Å². The topological polar surface area (TPSA) is 41.5 Å². The summed E-state index contributed by atoms with van der Waals surface area (Å²) in [5, 5.41) is 3.08. The molecule has 0 amide bonds. The number of aliphatic imine (C=N–C) groups is 1. The molecule has 1 aliphatic rings. The number of carbonyl (C=O) groups excluding carboxylic acids is 1. The number of aldehydes is 1. The Labute approximate surface area is 54.2 Å². The van der Waals surface area contributed by atoms with Gasteiger partial charge < -0.3 is 10.1 Å². The van der Waals surface area contributed by atoms with E-state index in [4.69, 9.17) is 0 Å². The zero-order valence-electron chi connectivity index (χ0n) is 5.26. The molecule has 0 saturated heterocycles. The van der Waals surface area contributed by atoms with E-state index in [0.29, 0.717) is 6.42 Å². The van der Waals surface area contributed by atoms with Gasteiger partial charge in [0.15, 0.2) is 0 Å². The van der Waals surface area contributed by atoms with Crippen LogP contribution in [-0.4, -0.2) is 25.2 Å². The molecule has 0 aliphatic carbocycles. The number of rotatable bonds is 3. The Bertz CT molecular complexity index is 131. The van der Waals surface area contributed by atoms with Crippen molar-refractivity contribution in [2.45, 2.75) is 12.8 Å². The summed E-state index contributed by atoms with van der Waals surface area (Å²) >= 11 is 0. The fraction of sp³-hybridized carbons (Fsp3) is 0.667. The number of nitrogens with one attached hydrogen (secondary N) is 1. The standard InChI is InChI=1S/C6H10N2O/c9-5-1-2-6-7-3-4-8-6/h5H,1-4H2,(H,7,8). The summed E-state index contributed by atoms with van der Waals surface area (Å²) in [6.45, 7) is 1.81. The average molecular weight is 126 g/mol. The van der Waals surface area contributed by atoms with Gasteiger partial charge in [-0.2, -0.15) is 0 Å². The Hall–Kier alpha value is -0.860. The molecule has 0 aromatic carbocycles. The molecule has 3 nitrogen and oxygen atoms in total. The summed E-state index contributed by atoms with van der Waals surface area (Å²) < 4.78 is 0. The first kappa shape index (κ1) is 6.26. The molecule has 1 aliphatic heterocycles. The molecule has 1 rings (SSSR count). The van der Waals surface area contributed by atoms with Crippen LogP contribution in [0.15, 0.2) is 4.99 Å². The van der Waals surface area contributed by atoms with Crippen molar-refractivity contribution in [1.82, 2.24) is 5.32 Å². The Balaban J connectivity index is 2.18. The number of carbonyl (C=O) groups is 1. The van der Waals surface area contributed by atoms with E-state index in [-0.39, 0.29) is 0 Å². The molecular formula is C6H10N2O. The van der Waals surface area contributed by atoms with Crippen LogP contribution in [0.4, 0.5) is 0 Å². The molecule has 1 N–H and O–H groups in total. The number of hydrogen-bond acceptors (Lipinski definition) is 3. The Kier molecular flexibility index (Phi) is 2.24. The van der Waals surface area contributed by atoms with Crippen LogP contribution in [0.2, 0.25) is 0 Å². The Morgan fingerprint density at radius 3 is 3.22 bits per heavy atom. The smallest absolute Gasteiger partial charge is 0.120 e. The molecule has 1 heterocycles. The minimum atomic E-state index is 0.589. The minimum Gasteiger partial charge on any atom is -0.372 e. The quantitative estimate of drug-likeness (QED) is 0.539. The van der Waals surface area contributed by atoms with Crippen molar-refractivity contribution in [3.05, 3.63) is 0 Å². The van der Waals surface area contributed by atoms with E-state index in [1.54, 1.807) is 0 Å². The molecule has 0 radical (unpaired) electrons. The lowest BCUT2D eigenvalue weighted by Crippen LogP contribution is -2.18. The van der Waals surface area contributed by atoms with Gasteiger partial charge in [-0.3, -0.25) is 4.99 Å². The van der Waals surface area contributed by atoms with Crippen molar-refractivity contribution in [2.75, 3.05) is 13.1 Å². The lowest BCUT2D eigenvalue weighted by molar-refractivity contribution is -0.107. The third-order valence-corrected chi connectivity index (χ3v) is 1.24. The van der Waals surface area contributed by atoms with Crippen LogP contribution in [0.3, 0.4) is 0 Å². The Morgan fingerprint density at radius 2 is 2.67 bits per heavy atom. The molecule has 9 heavy (non-hydrogen) atoms. The van der Waals surface area contributed by atoms with Crippen LogP contribution in [0.25, 0.3) is 0 Å². The molecular weight excluding hydrogens is 116 g/mol. The molecule has 0 unspecified atom stereocenters. The van der Waals surface area contributed by atoms with E-state index in [1.165, 1.54) is 0 Å². The number of hydrogen-bond donors (Lipinski definition) is 1. The average Bonchev–Trinajstić information content (AvgIpc) is 2.34. The van der Waals surface area contributed by atoms with Gasteiger partial charge in [0.1, 0.15) is 6.29 Å². The zero-order valence-corrected chi connectivity index (χ0v) is 5.26. The van der Waals surface area contributed by atoms with Crippen molar-refractivity contribution < 1.29 is 4.79 Å². The predicted molar refractivity (Wildman–Crippen MR) is 35.6 cm³/mol. The maximum Gasteiger partial charge on any atom is 0.120 e. The van der Waals surface area contributed by atoms with Crippen molar-refractivity contribution in [3.8, 4) is 0 Å². The summed E-state index contributed by atoms with van der Waals surface area (Å²) in [4.78, 5) is 14.0. The molecule has 50 valence electrons. The van der Waals surface area contributed by atoms with Crippen LogP contribution in [-0.2, 0) is 4.79 Å². The first-order valence-corrected chi connectivity index (χ1v) is 3.14. The predicted octanol–water partition coefficient (Wildman–Crippen LogP) is -0.0328. The van der Waals surface area contributed by atoms with Crippen molar-refractivity contribution in [1.29, 1.82) is 0 Å². The van der Waals surface area contributed by atoms with Gasteiger partial charge in [-0.15, -0.1) is 0 Å². The van der Waals surface area contributed by atoms with E-state index in [1.807, 2.05) is 0 Å². The summed E-state index contributed by atoms with van der Waals surface area (Å²) in [6, 6.07) is 0. The molecule has 0 bridgehead atoms. The highest BCUT2D eigenvalue weighted by Gasteiger charge is 2.02. The van der Waals surface area contributed by atoms with Crippen molar-refractivity contribution in [2.24, 2.45) is 4.99 Å². The second-order valence-electron chi connectivity index (χ2n) is 1.96. The SMILES string of the molecule is O=CCCC1=NCCN1. The van der Waals surface area contributed by atoms with Gasteiger partial charge >= 0.3 is 0 Å². The maximum atomic E-state index is 9.88. The lowest BCUT2D eigenvalue weighted by Gasteiger charge is -1.95. The number of amidine groups is 1. The normalized spacial score (nSPS) is 16.7. The first-order chi connectivity index (χ1) is 4.43. The van der Waals surface area contributed by atoms with Crippen LogP contribution < -0.4 is 5.32 Å². The van der Waals surface area contributed by atoms with Gasteiger partial charge in [0.25, 0.3) is 0 Å². The van der Waals surface area contributed by atoms with Gasteiger partial charge in [0, 0.05) is 19.4 Å². The van der Waals surface area contributed by atoms with Gasteiger partial charge in [-0.05, 0) is 0 Å². The van der Waals surface area contributed by atoms with Gasteiger partial charge in [0.2, 0.25) is 0 Å². The van der Waals surface area contributed by atoms with Crippen LogP contribution >= 0.6 is 0 Å². The fourth-order valence-corrected chi connectivity index (χ4v) is 0.810. The van der Waals surface area contributed by atoms with E-state index in [9.17, 15) is 4.79 Å². The summed E-state index contributed by atoms with van der Waals surface area (Å²) in [6.07, 6.45) is 2.29. The van der Waals surface area contributed by atoms with Gasteiger partial charge in [-0.1, -0.05) is 0 Å². The Morgan fingerprint density at radius 1 is 1.78 bits per heavy atom. The van der Waals surface area contributed by atoms with E-state index >= 15 is 0 Å². The molecule has 0 spiro atoms. The highest BCUT2D eigenvalue weighted by molar-refractivity contribution is 5.84. The monoisotopic (exact) mass is 126 g/mol. The zero-order chi connectivity index (χ0) is 6.53. The molecule has 0 atom stereocenters. The van der Waals surface area contributed by atoms with Crippen molar-refractivity contribution >= 4 is 12.1 Å². The maximum absolute atomic E-state index is 9.88. The van der Waals surface area contributed by atoms with Gasteiger partial charge in [0.05, 0.1) is 12.4 Å². The third kappa shape index (κ3) is 1.83. The summed E-state index contributed by atoms with van der Waals surface area (Å²) in [5.74, 6) is 0.988. The molecule has 3 heteroatoms. The molecule has 0 aromatic heterocycles. The number of nitrogens with zero attached hydrogens (tertiary/aromatic N) is 1. The highest BCUT2D eigenvalue weighted by Crippen LogP contribution is 1.92. The largest absolute Gasteiger partial charge is 0.372 e. The van der Waals surface area contributed by atoms with E-state index in [2.05, 4.69) is 10.3 Å². The van der Waals surface area contributed by atoms with Crippen LogP contribution in [0, 0.1) is 0 Å². The lowest BCUT2D eigenvalue weighted by atomic mass is 10.3. The summed E-state index contributed by atoms with van der Waals surface area (Å²) in [7, 11) is 0. The summed E-state index contributed by atoms with van der Waals surface area (Å²) in [5.41, 5.74) is 0. The first-order valence-electron chi connectivity index (χ1n) is 3.14. The molecule has 0 fully saturated rings. The fourth-order valence-electron chi connectivity index (χ4n) is 0.810. The highest BCUT2D eigenvalue weighted by atomic mass is 16.1. The van der Waals surface area contributed by atoms with Crippen molar-refractivity contribution in [3.63, 3.8) is 0 Å². The van der Waals surface area contributed by atoms with E-state index < -0.39 is 0 Å². The van der Waals surface area contributed by atoms with Crippen LogP contribution in [0.1, 0.15) is 12.8 Å². The van der Waals surface area contributed by atoms with Gasteiger partial charge in [-0.25, -0.2) is 0 Å². The minimum absolute atomic E-state index is 0.589. The molecule has 0 aromatic rings. The second kappa shape index (κ2) is 3.22.